The number of hydrogen-bond acceptors (Lipinski definition) is 9. The number of carbonyl (C=O) groups is 2. The summed E-state index contributed by atoms with van der Waals surface area (Å²) in [7, 11) is 0. The Morgan fingerprint density at radius 1 is 0.811 bits per heavy atom. The number of aliphatic hydroxyl groups is 2. The molecule has 10 heteroatoms. The van der Waals surface area contributed by atoms with Crippen LogP contribution in [0, 0.1) is 10.1 Å². The highest BCUT2D eigenvalue weighted by atomic mass is 16.7. The smallest absolute Gasteiger partial charge is 0.457 e. The highest BCUT2D eigenvalue weighted by molar-refractivity contribution is 5.69. The highest BCUT2D eigenvalue weighted by Crippen LogP contribution is 2.20. The number of non-ortho nitro benzene ring substituents is 1. The van der Waals surface area contributed by atoms with Crippen LogP contribution in [-0.2, 0) is 14.3 Å². The van der Waals surface area contributed by atoms with Crippen LogP contribution in [0.1, 0.15) is 96.8 Å². The van der Waals surface area contributed by atoms with Crippen LogP contribution in [0.3, 0.4) is 0 Å². The van der Waals surface area contributed by atoms with E-state index in [2.05, 4.69) is 6.92 Å². The Labute approximate surface area is 219 Å². The first kappa shape index (κ1) is 32.3. The maximum Gasteiger partial charge on any atom is 0.514 e. The third-order valence-electron chi connectivity index (χ3n) is 6.00. The molecule has 1 unspecified atom stereocenters. The molecule has 2 N–H and O–H groups in total. The van der Waals surface area contributed by atoms with Crippen molar-refractivity contribution < 1.29 is 38.9 Å². The number of unbranched alkanes of at least 4 members (excludes halogenated alkanes) is 9. The van der Waals surface area contributed by atoms with Crippen LogP contribution in [0.5, 0.6) is 5.75 Å². The van der Waals surface area contributed by atoms with Gasteiger partial charge in [0.25, 0.3) is 5.69 Å². The van der Waals surface area contributed by atoms with Crippen LogP contribution in [0.25, 0.3) is 0 Å². The lowest BCUT2D eigenvalue weighted by Gasteiger charge is -2.18. The summed E-state index contributed by atoms with van der Waals surface area (Å²) < 4.78 is 15.6. The zero-order valence-electron chi connectivity index (χ0n) is 22.0. The monoisotopic (exact) mass is 525 g/mol. The summed E-state index contributed by atoms with van der Waals surface area (Å²) in [6, 6.07) is 5.12. The highest BCUT2D eigenvalue weighted by Gasteiger charge is 2.19. The van der Waals surface area contributed by atoms with Gasteiger partial charge in [-0.3, -0.25) is 14.9 Å². The average Bonchev–Trinajstić information content (AvgIpc) is 2.88. The van der Waals surface area contributed by atoms with E-state index in [1.807, 2.05) is 0 Å². The molecule has 0 aliphatic heterocycles. The second-order valence-corrected chi connectivity index (χ2v) is 9.18. The van der Waals surface area contributed by atoms with Crippen molar-refractivity contribution in [3.8, 4) is 5.75 Å². The number of nitro benzene ring substituents is 1. The number of benzene rings is 1. The van der Waals surface area contributed by atoms with E-state index in [0.29, 0.717) is 19.3 Å². The van der Waals surface area contributed by atoms with Gasteiger partial charge in [-0.25, -0.2) is 4.79 Å². The zero-order valence-corrected chi connectivity index (χ0v) is 22.0. The summed E-state index contributed by atoms with van der Waals surface area (Å²) in [5.74, 6) is -0.407. The molecule has 0 aliphatic carbocycles. The Morgan fingerprint density at radius 2 is 1.35 bits per heavy atom. The van der Waals surface area contributed by atoms with Gasteiger partial charge in [0.05, 0.1) is 18.1 Å². The topological polar surface area (TPSA) is 145 Å². The van der Waals surface area contributed by atoms with Gasteiger partial charge in [0.1, 0.15) is 18.0 Å². The predicted octanol–water partition coefficient (Wildman–Crippen LogP) is 5.86. The zero-order chi connectivity index (χ0) is 27.3. The molecule has 1 atom stereocenters. The second kappa shape index (κ2) is 20.4. The van der Waals surface area contributed by atoms with Crippen molar-refractivity contribution in [1.29, 1.82) is 0 Å². The maximum atomic E-state index is 12.3. The predicted molar refractivity (Wildman–Crippen MR) is 138 cm³/mol. The fourth-order valence-electron chi connectivity index (χ4n) is 3.87. The molecule has 0 radical (unpaired) electrons. The summed E-state index contributed by atoms with van der Waals surface area (Å²) in [5.41, 5.74) is -0.115. The minimum Gasteiger partial charge on any atom is -0.457 e. The van der Waals surface area contributed by atoms with Crippen LogP contribution in [0.4, 0.5) is 10.5 Å². The van der Waals surface area contributed by atoms with Crippen molar-refractivity contribution in [2.45, 2.75) is 109 Å². The first-order valence-electron chi connectivity index (χ1n) is 13.4. The van der Waals surface area contributed by atoms with Gasteiger partial charge in [0.2, 0.25) is 0 Å². The number of nitro groups is 1. The summed E-state index contributed by atoms with van der Waals surface area (Å²) in [6.07, 6.45) is 11.0. The number of rotatable bonds is 21. The summed E-state index contributed by atoms with van der Waals surface area (Å²) >= 11 is 0. The number of aliphatic hydroxyl groups excluding tert-OH is 2. The van der Waals surface area contributed by atoms with E-state index in [-0.39, 0.29) is 17.9 Å². The molecule has 37 heavy (non-hydrogen) atoms. The minimum absolute atomic E-state index is 0.0613. The van der Waals surface area contributed by atoms with E-state index in [4.69, 9.17) is 24.4 Å². The lowest BCUT2D eigenvalue weighted by Crippen LogP contribution is -2.26. The number of nitrogens with zero attached hydrogens (tertiary/aromatic N) is 1. The SMILES string of the molecule is CCCCCCCCCCCCC(CCCC(=O)OC(CO)CO)OC(=O)Oc1ccc([N+](=O)[O-])cc1. The Hall–Kier alpha value is -2.72. The third kappa shape index (κ3) is 15.9. The van der Waals surface area contributed by atoms with Crippen LogP contribution >= 0.6 is 0 Å². The largest absolute Gasteiger partial charge is 0.514 e. The second-order valence-electron chi connectivity index (χ2n) is 9.18. The van der Waals surface area contributed by atoms with Crippen molar-refractivity contribution in [1.82, 2.24) is 0 Å². The first-order chi connectivity index (χ1) is 17.9. The molecule has 0 aromatic heterocycles. The Bertz CT molecular complexity index is 766. The van der Waals surface area contributed by atoms with Crippen molar-refractivity contribution >= 4 is 17.8 Å². The quantitative estimate of drug-likeness (QED) is 0.0662. The third-order valence-corrected chi connectivity index (χ3v) is 6.00. The summed E-state index contributed by atoms with van der Waals surface area (Å²) in [4.78, 5) is 34.5. The maximum absolute atomic E-state index is 12.3. The van der Waals surface area contributed by atoms with Gasteiger partial charge in [0.15, 0.2) is 0 Å². The normalized spacial score (nSPS) is 11.8. The molecule has 0 saturated heterocycles. The number of esters is 1. The van der Waals surface area contributed by atoms with Crippen LogP contribution in [0.15, 0.2) is 24.3 Å². The summed E-state index contributed by atoms with van der Waals surface area (Å²) in [6.45, 7) is 1.30. The minimum atomic E-state index is -0.942. The summed E-state index contributed by atoms with van der Waals surface area (Å²) in [5, 5.41) is 28.8. The molecule has 1 aromatic rings. The molecule has 1 rings (SSSR count). The molecule has 0 aliphatic rings. The molecule has 0 fully saturated rings. The molecule has 0 saturated carbocycles. The van der Waals surface area contributed by atoms with Crippen molar-refractivity contribution in [3.63, 3.8) is 0 Å². The van der Waals surface area contributed by atoms with Gasteiger partial charge in [0, 0.05) is 18.6 Å². The Kier molecular flexibility index (Phi) is 17.8. The standard InChI is InChI=1S/C27H43NO9/c1-2-3-4-5-6-7-8-9-10-11-13-23(14-12-15-26(31)35-25(20-29)21-30)36-27(32)37-24-18-16-22(17-19-24)28(33)34/h16-19,23,25,29-30H,2-15,20-21H2,1H3. The van der Waals surface area contributed by atoms with Gasteiger partial charge in [-0.1, -0.05) is 64.7 Å². The van der Waals surface area contributed by atoms with Crippen molar-refractivity contribution in [3.05, 3.63) is 34.4 Å². The molecule has 0 heterocycles. The van der Waals surface area contributed by atoms with Gasteiger partial charge < -0.3 is 24.4 Å². The van der Waals surface area contributed by atoms with E-state index in [9.17, 15) is 19.7 Å². The van der Waals surface area contributed by atoms with Gasteiger partial charge in [-0.15, -0.1) is 0 Å². The fraction of sp³-hybridized carbons (Fsp3) is 0.704. The Morgan fingerprint density at radius 3 is 1.89 bits per heavy atom. The van der Waals surface area contributed by atoms with Crippen LogP contribution < -0.4 is 4.74 Å². The molecule has 0 spiro atoms. The van der Waals surface area contributed by atoms with Crippen molar-refractivity contribution in [2.24, 2.45) is 0 Å². The van der Waals surface area contributed by atoms with Crippen LogP contribution in [-0.4, -0.2) is 52.7 Å². The molecule has 0 bridgehead atoms. The molecule has 210 valence electrons. The van der Waals surface area contributed by atoms with E-state index in [0.717, 1.165) is 19.3 Å². The fourth-order valence-corrected chi connectivity index (χ4v) is 3.87. The van der Waals surface area contributed by atoms with E-state index in [1.165, 1.54) is 69.2 Å². The number of carbonyl (C=O) groups excluding carboxylic acids is 2. The van der Waals surface area contributed by atoms with Gasteiger partial charge in [-0.2, -0.15) is 0 Å². The Balaban J connectivity index is 2.47. The van der Waals surface area contributed by atoms with Gasteiger partial charge >= 0.3 is 12.1 Å². The van der Waals surface area contributed by atoms with E-state index >= 15 is 0 Å². The molecular formula is C27H43NO9. The number of ether oxygens (including phenoxy) is 3. The van der Waals surface area contributed by atoms with Crippen molar-refractivity contribution in [2.75, 3.05) is 13.2 Å². The molecular weight excluding hydrogens is 482 g/mol. The molecule has 1 aromatic carbocycles. The van der Waals surface area contributed by atoms with E-state index < -0.39 is 42.5 Å². The van der Waals surface area contributed by atoms with Crippen LogP contribution in [0.2, 0.25) is 0 Å². The lowest BCUT2D eigenvalue weighted by atomic mass is 10.0. The average molecular weight is 526 g/mol. The lowest BCUT2D eigenvalue weighted by molar-refractivity contribution is -0.384. The van der Waals surface area contributed by atoms with E-state index in [1.54, 1.807) is 0 Å². The molecule has 0 amide bonds. The first-order valence-corrected chi connectivity index (χ1v) is 13.4. The van der Waals surface area contributed by atoms with Gasteiger partial charge in [-0.05, 0) is 37.8 Å². The molecule has 10 nitrogen and oxygen atoms in total. The number of hydrogen-bond donors (Lipinski definition) is 2.